The molecule has 0 unspecified atom stereocenters. The molecule has 4 aliphatic carbocycles. The predicted octanol–water partition coefficient (Wildman–Crippen LogP) is 1.66. The molecule has 5 rings (SSSR count). The van der Waals surface area contributed by atoms with Gasteiger partial charge < -0.3 is 11.1 Å². The van der Waals surface area contributed by atoms with Gasteiger partial charge in [0, 0.05) is 12.1 Å². The van der Waals surface area contributed by atoms with Gasteiger partial charge in [0.2, 0.25) is 11.8 Å². The molecule has 1 aliphatic heterocycles. The van der Waals surface area contributed by atoms with Crippen LogP contribution in [-0.4, -0.2) is 41.4 Å². The van der Waals surface area contributed by atoms with E-state index in [1.54, 1.807) is 0 Å². The third-order valence-electron chi connectivity index (χ3n) is 7.21. The van der Waals surface area contributed by atoms with Crippen LogP contribution >= 0.6 is 0 Å². The molecular weight excluding hydrogens is 302 g/mol. The summed E-state index contributed by atoms with van der Waals surface area (Å²) in [7, 11) is 0. The number of nitrogens with zero attached hydrogens (tertiary/aromatic N) is 1. The fourth-order valence-electron chi connectivity index (χ4n) is 6.39. The van der Waals surface area contributed by atoms with Crippen molar-refractivity contribution in [1.82, 2.24) is 10.2 Å². The Morgan fingerprint density at radius 2 is 1.71 bits per heavy atom. The first-order valence-corrected chi connectivity index (χ1v) is 9.79. The largest absolute Gasteiger partial charge is 0.369 e. The maximum Gasteiger partial charge on any atom is 0.237 e. The normalized spacial score (nSPS) is 42.7. The first kappa shape index (κ1) is 16.4. The van der Waals surface area contributed by atoms with E-state index in [-0.39, 0.29) is 29.3 Å². The molecule has 1 heterocycles. The molecule has 4 saturated carbocycles. The molecule has 3 N–H and O–H groups in total. The lowest BCUT2D eigenvalue weighted by atomic mass is 9.53. The standard InChI is InChI=1S/C19H31N3O2/c1-12(22-4-2-3-16(11-22)17(20)23)18(24)21-19-8-13-5-14(9-19)7-15(6-13)10-19/h12-16H,2-11H2,1H3,(H2,20,23)(H,21,24)/t12-,13?,14?,15?,16-,19?/m0/s1. The van der Waals surface area contributed by atoms with E-state index in [0.29, 0.717) is 6.54 Å². The number of hydrogen-bond donors (Lipinski definition) is 2. The summed E-state index contributed by atoms with van der Waals surface area (Å²) in [6, 6.07) is -0.167. The Balaban J connectivity index is 1.40. The van der Waals surface area contributed by atoms with Crippen molar-refractivity contribution < 1.29 is 9.59 Å². The van der Waals surface area contributed by atoms with Crippen molar-refractivity contribution in [3.63, 3.8) is 0 Å². The summed E-state index contributed by atoms with van der Waals surface area (Å²) < 4.78 is 0. The zero-order chi connectivity index (χ0) is 16.9. The highest BCUT2D eigenvalue weighted by Gasteiger charge is 2.51. The zero-order valence-electron chi connectivity index (χ0n) is 14.8. The molecular formula is C19H31N3O2. The second-order valence-electron chi connectivity index (χ2n) is 9.10. The second-order valence-corrected chi connectivity index (χ2v) is 9.10. The maximum absolute atomic E-state index is 12.9. The van der Waals surface area contributed by atoms with Gasteiger partial charge in [-0.3, -0.25) is 14.5 Å². The van der Waals surface area contributed by atoms with E-state index in [1.807, 2.05) is 6.92 Å². The number of carbonyl (C=O) groups is 2. The van der Waals surface area contributed by atoms with Gasteiger partial charge in [-0.2, -0.15) is 0 Å². The third kappa shape index (κ3) is 2.96. The minimum atomic E-state index is -0.228. The molecule has 24 heavy (non-hydrogen) atoms. The average Bonchev–Trinajstić information content (AvgIpc) is 2.52. The van der Waals surface area contributed by atoms with E-state index >= 15 is 0 Å². The van der Waals surface area contributed by atoms with E-state index < -0.39 is 0 Å². The van der Waals surface area contributed by atoms with Gasteiger partial charge in [0.05, 0.1) is 12.0 Å². The summed E-state index contributed by atoms with van der Waals surface area (Å²) in [5.74, 6) is 2.33. The molecule has 4 bridgehead atoms. The molecule has 0 aromatic carbocycles. The number of primary amides is 1. The van der Waals surface area contributed by atoms with Crippen LogP contribution in [0.4, 0.5) is 0 Å². The first-order valence-electron chi connectivity index (χ1n) is 9.79. The molecule has 0 aromatic heterocycles. The Bertz CT molecular complexity index is 497. The van der Waals surface area contributed by atoms with Gasteiger partial charge in [0.25, 0.3) is 0 Å². The quantitative estimate of drug-likeness (QED) is 0.821. The minimum Gasteiger partial charge on any atom is -0.369 e. The van der Waals surface area contributed by atoms with Gasteiger partial charge in [-0.05, 0) is 82.6 Å². The Morgan fingerprint density at radius 3 is 2.25 bits per heavy atom. The van der Waals surface area contributed by atoms with Crippen LogP contribution in [0.3, 0.4) is 0 Å². The number of likely N-dealkylation sites (tertiary alicyclic amines) is 1. The average molecular weight is 333 g/mol. The van der Waals surface area contributed by atoms with Crippen LogP contribution < -0.4 is 11.1 Å². The summed E-state index contributed by atoms with van der Waals surface area (Å²) in [6.07, 6.45) is 9.51. The molecule has 5 heteroatoms. The molecule has 2 atom stereocenters. The van der Waals surface area contributed by atoms with Gasteiger partial charge in [-0.15, -0.1) is 0 Å². The van der Waals surface area contributed by atoms with Crippen molar-refractivity contribution >= 4 is 11.8 Å². The van der Waals surface area contributed by atoms with Crippen LogP contribution in [-0.2, 0) is 9.59 Å². The number of nitrogens with two attached hydrogens (primary N) is 1. The highest BCUT2D eigenvalue weighted by Crippen LogP contribution is 2.55. The van der Waals surface area contributed by atoms with Crippen molar-refractivity contribution in [2.75, 3.05) is 13.1 Å². The van der Waals surface area contributed by atoms with Crippen molar-refractivity contribution in [1.29, 1.82) is 0 Å². The Morgan fingerprint density at radius 1 is 1.12 bits per heavy atom. The van der Waals surface area contributed by atoms with Gasteiger partial charge in [-0.1, -0.05) is 0 Å². The number of piperidine rings is 1. The summed E-state index contributed by atoms with van der Waals surface area (Å²) >= 11 is 0. The molecule has 134 valence electrons. The lowest BCUT2D eigenvalue weighted by Gasteiger charge is -2.57. The number of amides is 2. The van der Waals surface area contributed by atoms with E-state index in [9.17, 15) is 9.59 Å². The van der Waals surface area contributed by atoms with Crippen LogP contribution in [0.2, 0.25) is 0 Å². The highest BCUT2D eigenvalue weighted by atomic mass is 16.2. The van der Waals surface area contributed by atoms with Crippen molar-refractivity contribution in [2.45, 2.75) is 69.9 Å². The number of nitrogens with one attached hydrogen (secondary N) is 1. The van der Waals surface area contributed by atoms with Gasteiger partial charge in [0.1, 0.15) is 0 Å². The monoisotopic (exact) mass is 333 g/mol. The van der Waals surface area contributed by atoms with E-state index in [2.05, 4.69) is 10.2 Å². The zero-order valence-corrected chi connectivity index (χ0v) is 14.8. The Kier molecular flexibility index (Phi) is 4.10. The maximum atomic E-state index is 12.9. The summed E-state index contributed by atoms with van der Waals surface area (Å²) in [4.78, 5) is 26.6. The van der Waals surface area contributed by atoms with Crippen molar-refractivity contribution in [2.24, 2.45) is 29.4 Å². The van der Waals surface area contributed by atoms with Gasteiger partial charge >= 0.3 is 0 Å². The summed E-state index contributed by atoms with van der Waals surface area (Å²) in [5, 5.41) is 3.47. The van der Waals surface area contributed by atoms with Crippen LogP contribution in [0, 0.1) is 23.7 Å². The fraction of sp³-hybridized carbons (Fsp3) is 0.895. The number of carbonyl (C=O) groups excluding carboxylic acids is 2. The molecule has 2 amide bonds. The SMILES string of the molecule is C[C@@H](C(=O)NC12CC3CC(CC(C3)C1)C2)N1CCC[C@H](C(N)=O)C1. The lowest BCUT2D eigenvalue weighted by molar-refractivity contribution is -0.134. The minimum absolute atomic E-state index is 0.0684. The van der Waals surface area contributed by atoms with Crippen LogP contribution in [0.25, 0.3) is 0 Å². The predicted molar refractivity (Wildman–Crippen MR) is 92.0 cm³/mol. The van der Waals surface area contributed by atoms with Crippen LogP contribution in [0.1, 0.15) is 58.3 Å². The number of rotatable bonds is 4. The second kappa shape index (κ2) is 6.01. The topological polar surface area (TPSA) is 75.4 Å². The van der Waals surface area contributed by atoms with Gasteiger partial charge in [-0.25, -0.2) is 0 Å². The Hall–Kier alpha value is -1.10. The molecule has 5 aliphatic rings. The third-order valence-corrected chi connectivity index (χ3v) is 7.21. The summed E-state index contributed by atoms with van der Waals surface area (Å²) in [6.45, 7) is 3.50. The smallest absolute Gasteiger partial charge is 0.237 e. The van der Waals surface area contributed by atoms with Crippen LogP contribution in [0.15, 0.2) is 0 Å². The number of hydrogen-bond acceptors (Lipinski definition) is 3. The van der Waals surface area contributed by atoms with Gasteiger partial charge in [0.15, 0.2) is 0 Å². The van der Waals surface area contributed by atoms with Crippen molar-refractivity contribution in [3.05, 3.63) is 0 Å². The molecule has 5 nitrogen and oxygen atoms in total. The molecule has 5 fully saturated rings. The van der Waals surface area contributed by atoms with E-state index in [4.69, 9.17) is 5.73 Å². The van der Waals surface area contributed by atoms with E-state index in [1.165, 1.54) is 38.5 Å². The lowest BCUT2D eigenvalue weighted by Crippen LogP contribution is -2.62. The first-order chi connectivity index (χ1) is 11.4. The fourth-order valence-corrected chi connectivity index (χ4v) is 6.39. The molecule has 0 spiro atoms. The molecule has 0 aromatic rings. The van der Waals surface area contributed by atoms with Crippen LogP contribution in [0.5, 0.6) is 0 Å². The molecule has 0 radical (unpaired) electrons. The summed E-state index contributed by atoms with van der Waals surface area (Å²) in [5.41, 5.74) is 5.54. The Labute approximate surface area is 144 Å². The molecule has 1 saturated heterocycles. The van der Waals surface area contributed by atoms with Crippen molar-refractivity contribution in [3.8, 4) is 0 Å². The van der Waals surface area contributed by atoms with E-state index in [0.717, 1.165) is 37.1 Å². The highest BCUT2D eigenvalue weighted by molar-refractivity contribution is 5.82.